The summed E-state index contributed by atoms with van der Waals surface area (Å²) in [6.45, 7) is 8.42. The Kier molecular flexibility index (Phi) is 4.43. The fourth-order valence-electron chi connectivity index (χ4n) is 1.67. The van der Waals surface area contributed by atoms with Gasteiger partial charge in [0.25, 0.3) is 0 Å². The summed E-state index contributed by atoms with van der Waals surface area (Å²) in [6, 6.07) is 2.73. The van der Waals surface area contributed by atoms with Crippen LogP contribution in [0.15, 0.2) is 0 Å². The average molecular weight is 182 g/mol. The average Bonchev–Trinajstić information content (AvgIpc) is 1.99. The van der Waals surface area contributed by atoms with Gasteiger partial charge in [-0.15, -0.1) is 0 Å². The maximum Gasteiger partial charge on any atom is 0.0700 e. The van der Waals surface area contributed by atoms with Gasteiger partial charge in [-0.25, -0.2) is 0 Å². The van der Waals surface area contributed by atoms with Crippen molar-refractivity contribution in [1.29, 1.82) is 5.26 Å². The third-order valence-corrected chi connectivity index (χ3v) is 2.44. The van der Waals surface area contributed by atoms with Crippen LogP contribution < -0.4 is 0 Å². The zero-order chi connectivity index (χ0) is 10.6. The van der Waals surface area contributed by atoms with E-state index in [0.29, 0.717) is 12.0 Å². The van der Waals surface area contributed by atoms with Crippen molar-refractivity contribution in [3.8, 4) is 6.07 Å². The number of hydrogen-bond acceptors (Lipinski definition) is 2. The summed E-state index contributed by atoms with van der Waals surface area (Å²) in [5.74, 6) is 0.639. The highest BCUT2D eigenvalue weighted by molar-refractivity contribution is 5.00. The Bertz CT molecular complexity index is 187. The van der Waals surface area contributed by atoms with Gasteiger partial charge in [0, 0.05) is 6.04 Å². The van der Waals surface area contributed by atoms with E-state index in [-0.39, 0.29) is 5.41 Å². The van der Waals surface area contributed by atoms with Crippen LogP contribution in [0.3, 0.4) is 0 Å². The van der Waals surface area contributed by atoms with Gasteiger partial charge in [0.1, 0.15) is 0 Å². The van der Waals surface area contributed by atoms with Crippen LogP contribution in [0.5, 0.6) is 0 Å². The largest absolute Gasteiger partial charge is 0.305 e. The molecule has 13 heavy (non-hydrogen) atoms. The van der Waals surface area contributed by atoms with Crippen LogP contribution in [0.4, 0.5) is 0 Å². The molecule has 0 radical (unpaired) electrons. The standard InChI is InChI=1S/C11H22N2/c1-9(2)7-10(13(5)6)11(3,4)8-12/h9-10H,7H2,1-6H3. The Balaban J connectivity index is 4.53. The SMILES string of the molecule is CC(C)CC(N(C)C)C(C)(C)C#N. The molecule has 1 atom stereocenters. The van der Waals surface area contributed by atoms with E-state index in [9.17, 15) is 0 Å². The Morgan fingerprint density at radius 2 is 1.77 bits per heavy atom. The first kappa shape index (κ1) is 12.4. The molecule has 0 aliphatic heterocycles. The topological polar surface area (TPSA) is 27.0 Å². The van der Waals surface area contributed by atoms with Gasteiger partial charge in [-0.05, 0) is 40.3 Å². The predicted molar refractivity (Wildman–Crippen MR) is 56.3 cm³/mol. The summed E-state index contributed by atoms with van der Waals surface area (Å²) >= 11 is 0. The van der Waals surface area contributed by atoms with Crippen molar-refractivity contribution >= 4 is 0 Å². The van der Waals surface area contributed by atoms with Crippen molar-refractivity contribution in [2.75, 3.05) is 14.1 Å². The number of rotatable bonds is 4. The molecule has 0 spiro atoms. The lowest BCUT2D eigenvalue weighted by atomic mass is 9.81. The maximum absolute atomic E-state index is 9.05. The smallest absolute Gasteiger partial charge is 0.0700 e. The minimum atomic E-state index is -0.256. The molecule has 0 aromatic rings. The molecule has 1 unspecified atom stereocenters. The van der Waals surface area contributed by atoms with Gasteiger partial charge in [0.2, 0.25) is 0 Å². The molecule has 0 rings (SSSR count). The third kappa shape index (κ3) is 3.78. The Labute approximate surface area is 82.5 Å². The van der Waals surface area contributed by atoms with E-state index in [1.165, 1.54) is 0 Å². The van der Waals surface area contributed by atoms with E-state index in [1.54, 1.807) is 0 Å². The molecule has 0 N–H and O–H groups in total. The lowest BCUT2D eigenvalue weighted by Crippen LogP contribution is -2.41. The molecular weight excluding hydrogens is 160 g/mol. The molecule has 0 aliphatic carbocycles. The van der Waals surface area contributed by atoms with Gasteiger partial charge in [0.15, 0.2) is 0 Å². The summed E-state index contributed by atoms with van der Waals surface area (Å²) in [5.41, 5.74) is -0.256. The first-order valence-electron chi connectivity index (χ1n) is 4.89. The highest BCUT2D eigenvalue weighted by atomic mass is 15.1. The van der Waals surface area contributed by atoms with E-state index >= 15 is 0 Å². The summed E-state index contributed by atoms with van der Waals surface area (Å²) < 4.78 is 0. The Morgan fingerprint density at radius 3 is 2.00 bits per heavy atom. The molecule has 0 fully saturated rings. The molecule has 0 aromatic carbocycles. The van der Waals surface area contributed by atoms with Gasteiger partial charge in [-0.1, -0.05) is 13.8 Å². The van der Waals surface area contributed by atoms with Gasteiger partial charge in [0.05, 0.1) is 11.5 Å². The zero-order valence-corrected chi connectivity index (χ0v) is 9.76. The second kappa shape index (κ2) is 4.62. The van der Waals surface area contributed by atoms with Crippen LogP contribution in [0.1, 0.15) is 34.1 Å². The number of nitrogens with zero attached hydrogens (tertiary/aromatic N) is 2. The van der Waals surface area contributed by atoms with Crippen LogP contribution in [0.2, 0.25) is 0 Å². The van der Waals surface area contributed by atoms with E-state index < -0.39 is 0 Å². The molecular formula is C11H22N2. The lowest BCUT2D eigenvalue weighted by Gasteiger charge is -2.34. The van der Waals surface area contributed by atoms with Gasteiger partial charge >= 0.3 is 0 Å². The fraction of sp³-hybridized carbons (Fsp3) is 0.909. The van der Waals surface area contributed by atoms with Crippen LogP contribution in [-0.4, -0.2) is 25.0 Å². The summed E-state index contributed by atoms with van der Waals surface area (Å²) in [7, 11) is 4.10. The Hall–Kier alpha value is -0.550. The third-order valence-electron chi connectivity index (χ3n) is 2.44. The van der Waals surface area contributed by atoms with Gasteiger partial charge in [-0.3, -0.25) is 0 Å². The molecule has 0 aliphatic rings. The second-order valence-corrected chi connectivity index (χ2v) is 4.94. The molecule has 0 saturated heterocycles. The van der Waals surface area contributed by atoms with Crippen LogP contribution in [0, 0.1) is 22.7 Å². The van der Waals surface area contributed by atoms with Crippen molar-refractivity contribution in [2.24, 2.45) is 11.3 Å². The molecule has 0 heterocycles. The van der Waals surface area contributed by atoms with E-state index in [1.807, 2.05) is 27.9 Å². The van der Waals surface area contributed by atoms with E-state index in [4.69, 9.17) is 5.26 Å². The molecule has 0 amide bonds. The normalized spacial score (nSPS) is 14.7. The lowest BCUT2D eigenvalue weighted by molar-refractivity contribution is 0.156. The maximum atomic E-state index is 9.05. The number of hydrogen-bond donors (Lipinski definition) is 0. The number of nitriles is 1. The summed E-state index contributed by atoms with van der Waals surface area (Å²) in [5, 5.41) is 9.05. The minimum absolute atomic E-state index is 0.256. The molecule has 2 nitrogen and oxygen atoms in total. The van der Waals surface area contributed by atoms with E-state index in [0.717, 1.165) is 6.42 Å². The van der Waals surface area contributed by atoms with Crippen molar-refractivity contribution in [1.82, 2.24) is 4.90 Å². The molecule has 76 valence electrons. The Morgan fingerprint density at radius 1 is 1.31 bits per heavy atom. The first-order chi connectivity index (χ1) is 5.81. The minimum Gasteiger partial charge on any atom is -0.305 e. The zero-order valence-electron chi connectivity index (χ0n) is 9.76. The summed E-state index contributed by atoms with van der Waals surface area (Å²) in [6.07, 6.45) is 1.08. The van der Waals surface area contributed by atoms with E-state index in [2.05, 4.69) is 24.8 Å². The first-order valence-corrected chi connectivity index (χ1v) is 4.89. The van der Waals surface area contributed by atoms with Crippen molar-refractivity contribution in [2.45, 2.75) is 40.2 Å². The molecule has 0 aromatic heterocycles. The quantitative estimate of drug-likeness (QED) is 0.668. The molecule has 0 saturated carbocycles. The predicted octanol–water partition coefficient (Wildman–Crippen LogP) is 2.51. The van der Waals surface area contributed by atoms with Crippen LogP contribution in [-0.2, 0) is 0 Å². The van der Waals surface area contributed by atoms with Crippen molar-refractivity contribution in [3.05, 3.63) is 0 Å². The monoisotopic (exact) mass is 182 g/mol. The summed E-state index contributed by atoms with van der Waals surface area (Å²) in [4.78, 5) is 2.16. The van der Waals surface area contributed by atoms with Crippen LogP contribution in [0.25, 0.3) is 0 Å². The fourth-order valence-corrected chi connectivity index (χ4v) is 1.67. The highest BCUT2D eigenvalue weighted by Crippen LogP contribution is 2.27. The highest BCUT2D eigenvalue weighted by Gasteiger charge is 2.31. The van der Waals surface area contributed by atoms with Crippen molar-refractivity contribution < 1.29 is 0 Å². The van der Waals surface area contributed by atoms with Crippen LogP contribution >= 0.6 is 0 Å². The van der Waals surface area contributed by atoms with Crippen molar-refractivity contribution in [3.63, 3.8) is 0 Å². The molecule has 0 bridgehead atoms. The van der Waals surface area contributed by atoms with Gasteiger partial charge < -0.3 is 4.90 Å². The molecule has 2 heteroatoms. The van der Waals surface area contributed by atoms with Gasteiger partial charge in [-0.2, -0.15) is 5.26 Å². The second-order valence-electron chi connectivity index (χ2n) is 4.94.